The molecule has 0 aliphatic carbocycles. The molecule has 0 bridgehead atoms. The van der Waals surface area contributed by atoms with Crippen LogP contribution in [0.2, 0.25) is 0 Å². The Hall–Kier alpha value is -1.51. The lowest BCUT2D eigenvalue weighted by Crippen LogP contribution is -2.40. The predicted molar refractivity (Wildman–Crippen MR) is 112 cm³/mol. The summed E-state index contributed by atoms with van der Waals surface area (Å²) in [7, 11) is -3.74. The van der Waals surface area contributed by atoms with Crippen molar-refractivity contribution in [1.29, 1.82) is 0 Å². The van der Waals surface area contributed by atoms with Crippen molar-refractivity contribution in [3.8, 4) is 0 Å². The molecule has 0 spiro atoms. The molecular formula is C20H23NO3S3. The Labute approximate surface area is 168 Å². The molecule has 7 heteroatoms. The first-order valence-electron chi connectivity index (χ1n) is 8.52. The van der Waals surface area contributed by atoms with Gasteiger partial charge in [0.2, 0.25) is 10.0 Å². The Morgan fingerprint density at radius 2 is 1.70 bits per heavy atom. The normalized spacial score (nSPS) is 14.8. The van der Waals surface area contributed by atoms with E-state index in [2.05, 4.69) is 25.5 Å². The van der Waals surface area contributed by atoms with E-state index in [1.807, 2.05) is 46.5 Å². The highest BCUT2D eigenvalue weighted by Crippen LogP contribution is 2.34. The molecule has 2 heterocycles. The third-order valence-corrected chi connectivity index (χ3v) is 7.60. The Kier molecular flexibility index (Phi) is 5.61. The van der Waals surface area contributed by atoms with Crippen molar-refractivity contribution in [2.45, 2.75) is 36.7 Å². The number of thiophene rings is 2. The number of nitrogens with one attached hydrogen (secondary N) is 1. The van der Waals surface area contributed by atoms with E-state index in [4.69, 9.17) is 0 Å². The largest absolute Gasteiger partial charge is 0.378 e. The van der Waals surface area contributed by atoms with Crippen molar-refractivity contribution in [3.05, 3.63) is 74.6 Å². The van der Waals surface area contributed by atoms with Gasteiger partial charge in [-0.3, -0.25) is 0 Å². The number of rotatable bonds is 6. The monoisotopic (exact) mass is 421 g/mol. The van der Waals surface area contributed by atoms with Crippen molar-refractivity contribution in [2.24, 2.45) is 0 Å². The van der Waals surface area contributed by atoms with Gasteiger partial charge in [0.25, 0.3) is 0 Å². The molecule has 0 aliphatic heterocycles. The Balaban J connectivity index is 1.85. The van der Waals surface area contributed by atoms with Crippen molar-refractivity contribution in [3.63, 3.8) is 0 Å². The molecule has 144 valence electrons. The minimum absolute atomic E-state index is 0.0475. The van der Waals surface area contributed by atoms with Gasteiger partial charge in [-0.2, -0.15) is 11.3 Å². The van der Waals surface area contributed by atoms with Crippen LogP contribution in [0.15, 0.2) is 63.5 Å². The van der Waals surface area contributed by atoms with Crippen LogP contribution in [0.4, 0.5) is 0 Å². The van der Waals surface area contributed by atoms with Crippen molar-refractivity contribution in [1.82, 2.24) is 4.72 Å². The second-order valence-electron chi connectivity index (χ2n) is 7.45. The zero-order valence-electron chi connectivity index (χ0n) is 15.5. The number of sulfonamides is 1. The molecule has 1 aromatic carbocycles. The minimum atomic E-state index is -3.74. The Bertz CT molecular complexity index is 934. The number of benzene rings is 1. The summed E-state index contributed by atoms with van der Waals surface area (Å²) in [4.78, 5) is 0.890. The highest BCUT2D eigenvalue weighted by Gasteiger charge is 2.34. The molecule has 3 aromatic rings. The van der Waals surface area contributed by atoms with Gasteiger partial charge in [0, 0.05) is 17.0 Å². The average molecular weight is 422 g/mol. The molecule has 2 aromatic heterocycles. The third-order valence-electron chi connectivity index (χ3n) is 4.48. The molecule has 0 fully saturated rings. The van der Waals surface area contributed by atoms with Crippen LogP contribution in [0, 0.1) is 0 Å². The van der Waals surface area contributed by atoms with Gasteiger partial charge < -0.3 is 5.11 Å². The number of hydrogen-bond acceptors (Lipinski definition) is 5. The van der Waals surface area contributed by atoms with Crippen LogP contribution in [0.25, 0.3) is 0 Å². The van der Waals surface area contributed by atoms with Crippen molar-refractivity contribution in [2.75, 3.05) is 6.54 Å². The molecule has 1 unspecified atom stereocenters. The van der Waals surface area contributed by atoms with Crippen LogP contribution in [0.5, 0.6) is 0 Å². The van der Waals surface area contributed by atoms with Gasteiger partial charge in [-0.15, -0.1) is 11.3 Å². The molecule has 27 heavy (non-hydrogen) atoms. The van der Waals surface area contributed by atoms with Crippen molar-refractivity contribution < 1.29 is 13.5 Å². The van der Waals surface area contributed by atoms with Crippen molar-refractivity contribution >= 4 is 32.7 Å². The van der Waals surface area contributed by atoms with Gasteiger partial charge in [-0.05, 0) is 51.4 Å². The van der Waals surface area contributed by atoms with Crippen LogP contribution < -0.4 is 4.72 Å². The molecule has 3 rings (SSSR count). The van der Waals surface area contributed by atoms with E-state index in [1.165, 1.54) is 22.7 Å². The first kappa shape index (κ1) is 20.2. The number of aliphatic hydroxyl groups is 1. The van der Waals surface area contributed by atoms with Gasteiger partial charge in [0.15, 0.2) is 0 Å². The molecule has 4 nitrogen and oxygen atoms in total. The standard InChI is InChI=1S/C20H23NO3S3/c1-19(2,3)15-6-8-17(9-7-15)27(23,24)21-14-20(22,16-10-12-25-13-16)18-5-4-11-26-18/h4-13,21-22H,14H2,1-3H3. The fraction of sp³-hybridized carbons (Fsp3) is 0.300. The lowest BCUT2D eigenvalue weighted by molar-refractivity contribution is 0.0903. The molecule has 0 saturated heterocycles. The highest BCUT2D eigenvalue weighted by atomic mass is 32.2. The maximum absolute atomic E-state index is 12.8. The van der Waals surface area contributed by atoms with Crippen LogP contribution >= 0.6 is 22.7 Å². The fourth-order valence-corrected chi connectivity index (χ4v) is 5.39. The molecule has 0 amide bonds. The summed E-state index contributed by atoms with van der Waals surface area (Å²) in [5.74, 6) is 0. The summed E-state index contributed by atoms with van der Waals surface area (Å²) in [6, 6.07) is 12.4. The van der Waals surface area contributed by atoms with E-state index in [0.29, 0.717) is 10.4 Å². The quantitative estimate of drug-likeness (QED) is 0.623. The molecule has 0 saturated carbocycles. The second kappa shape index (κ2) is 7.48. The van der Waals surface area contributed by atoms with E-state index < -0.39 is 15.6 Å². The van der Waals surface area contributed by atoms with Crippen LogP contribution in [0.1, 0.15) is 36.8 Å². The van der Waals surface area contributed by atoms with Gasteiger partial charge in [-0.25, -0.2) is 13.1 Å². The van der Waals surface area contributed by atoms with Crippen LogP contribution in [0.3, 0.4) is 0 Å². The third kappa shape index (κ3) is 4.33. The SMILES string of the molecule is CC(C)(C)c1ccc(S(=O)(=O)NCC(O)(c2ccsc2)c2cccs2)cc1. The first-order chi connectivity index (χ1) is 12.6. The van der Waals surface area contributed by atoms with Crippen LogP contribution in [-0.4, -0.2) is 20.1 Å². The van der Waals surface area contributed by atoms with E-state index >= 15 is 0 Å². The van der Waals surface area contributed by atoms with Gasteiger partial charge in [0.1, 0.15) is 5.60 Å². The zero-order valence-corrected chi connectivity index (χ0v) is 17.9. The van der Waals surface area contributed by atoms with E-state index in [0.717, 1.165) is 5.56 Å². The Morgan fingerprint density at radius 3 is 2.22 bits per heavy atom. The Morgan fingerprint density at radius 1 is 1.00 bits per heavy atom. The zero-order chi connectivity index (χ0) is 19.7. The van der Waals surface area contributed by atoms with Crippen LogP contribution in [-0.2, 0) is 21.0 Å². The maximum Gasteiger partial charge on any atom is 0.240 e. The maximum atomic E-state index is 12.8. The van der Waals surface area contributed by atoms with E-state index in [-0.39, 0.29) is 16.9 Å². The molecule has 1 atom stereocenters. The minimum Gasteiger partial charge on any atom is -0.378 e. The summed E-state index contributed by atoms with van der Waals surface area (Å²) in [6.07, 6.45) is 0. The smallest absolute Gasteiger partial charge is 0.240 e. The summed E-state index contributed by atoms with van der Waals surface area (Å²) >= 11 is 2.86. The highest BCUT2D eigenvalue weighted by molar-refractivity contribution is 7.89. The average Bonchev–Trinajstić information content (AvgIpc) is 3.33. The fourth-order valence-electron chi connectivity index (χ4n) is 2.76. The molecule has 2 N–H and O–H groups in total. The molecule has 0 aliphatic rings. The first-order valence-corrected chi connectivity index (χ1v) is 11.8. The summed E-state index contributed by atoms with van der Waals surface area (Å²) in [5, 5.41) is 16.9. The lowest BCUT2D eigenvalue weighted by atomic mass is 9.87. The van der Waals surface area contributed by atoms with E-state index in [9.17, 15) is 13.5 Å². The van der Waals surface area contributed by atoms with E-state index in [1.54, 1.807) is 12.1 Å². The summed E-state index contributed by atoms with van der Waals surface area (Å²) < 4.78 is 28.1. The molecular weight excluding hydrogens is 398 g/mol. The summed E-state index contributed by atoms with van der Waals surface area (Å²) in [6.45, 7) is 6.11. The van der Waals surface area contributed by atoms with Gasteiger partial charge in [0.05, 0.1) is 4.90 Å². The predicted octanol–water partition coefficient (Wildman–Crippen LogP) is 4.32. The molecule has 0 radical (unpaired) electrons. The van der Waals surface area contributed by atoms with Gasteiger partial charge in [-0.1, -0.05) is 39.0 Å². The summed E-state index contributed by atoms with van der Waals surface area (Å²) in [5.41, 5.74) is 0.302. The number of hydrogen-bond donors (Lipinski definition) is 2. The lowest BCUT2D eigenvalue weighted by Gasteiger charge is -2.27. The second-order valence-corrected chi connectivity index (χ2v) is 10.9. The van der Waals surface area contributed by atoms with Gasteiger partial charge >= 0.3 is 0 Å². The topological polar surface area (TPSA) is 66.4 Å².